The molecule has 0 spiro atoms. The predicted molar refractivity (Wildman–Crippen MR) is 128 cm³/mol. The van der Waals surface area contributed by atoms with Crippen LogP contribution in [0, 0.1) is 14.9 Å². The second-order valence-corrected chi connectivity index (χ2v) is 7.93. The van der Waals surface area contributed by atoms with Crippen molar-refractivity contribution in [3.63, 3.8) is 0 Å². The van der Waals surface area contributed by atoms with E-state index in [4.69, 9.17) is 9.47 Å². The van der Waals surface area contributed by atoms with Gasteiger partial charge in [-0.15, -0.1) is 0 Å². The first-order chi connectivity index (χ1) is 15.1. The van der Waals surface area contributed by atoms with Crippen LogP contribution in [-0.2, 0) is 17.9 Å². The summed E-state index contributed by atoms with van der Waals surface area (Å²) >= 11 is 2.27. The van der Waals surface area contributed by atoms with Crippen LogP contribution in [0.15, 0.2) is 78.4 Å². The maximum absolute atomic E-state index is 12.4. The molecule has 0 heterocycles. The maximum atomic E-state index is 12.4. The Hall–Kier alpha value is -3.31. The van der Waals surface area contributed by atoms with E-state index in [1.807, 2.05) is 78.9 Å². The lowest BCUT2D eigenvalue weighted by Gasteiger charge is -2.07. The highest BCUT2D eigenvalue weighted by Crippen LogP contribution is 2.17. The number of rotatable bonds is 8. The maximum Gasteiger partial charge on any atom is 0.262 e. The van der Waals surface area contributed by atoms with Gasteiger partial charge in [0.1, 0.15) is 29.7 Å². The standard InChI is InChI=1S/C25H21IN2O3/c1-30-23-10-6-19(7-11-23)16-28-25(29)21(15-27)14-18-4-12-24(13-5-18)31-17-20-2-8-22(26)9-3-20/h2-14H,16-17H2,1H3,(H,28,29)/b21-14-. The van der Waals surface area contributed by atoms with Gasteiger partial charge in [0.15, 0.2) is 0 Å². The first-order valence-electron chi connectivity index (χ1n) is 9.57. The molecular formula is C25H21IN2O3. The molecule has 0 aliphatic carbocycles. The summed E-state index contributed by atoms with van der Waals surface area (Å²) in [5.74, 6) is 1.05. The molecule has 0 atom stereocenters. The van der Waals surface area contributed by atoms with Crippen molar-refractivity contribution in [2.24, 2.45) is 0 Å². The molecule has 0 fully saturated rings. The topological polar surface area (TPSA) is 71.3 Å². The minimum Gasteiger partial charge on any atom is -0.497 e. The molecule has 3 aromatic carbocycles. The summed E-state index contributed by atoms with van der Waals surface area (Å²) < 4.78 is 12.1. The number of carbonyl (C=O) groups excluding carboxylic acids is 1. The number of carbonyl (C=O) groups is 1. The molecule has 0 aliphatic heterocycles. The molecule has 0 saturated heterocycles. The Labute approximate surface area is 195 Å². The van der Waals surface area contributed by atoms with Gasteiger partial charge in [-0.25, -0.2) is 0 Å². The fourth-order valence-corrected chi connectivity index (χ4v) is 3.10. The zero-order valence-electron chi connectivity index (χ0n) is 17.0. The van der Waals surface area contributed by atoms with Gasteiger partial charge in [-0.3, -0.25) is 4.79 Å². The van der Waals surface area contributed by atoms with Crippen LogP contribution in [0.1, 0.15) is 16.7 Å². The van der Waals surface area contributed by atoms with Crippen molar-refractivity contribution < 1.29 is 14.3 Å². The summed E-state index contributed by atoms with van der Waals surface area (Å²) in [7, 11) is 1.60. The average Bonchev–Trinajstić information content (AvgIpc) is 2.81. The molecule has 0 radical (unpaired) electrons. The lowest BCUT2D eigenvalue weighted by atomic mass is 10.1. The summed E-state index contributed by atoms with van der Waals surface area (Å²) in [6, 6.07) is 24.8. The highest BCUT2D eigenvalue weighted by molar-refractivity contribution is 14.1. The van der Waals surface area contributed by atoms with Gasteiger partial charge in [-0.1, -0.05) is 36.4 Å². The van der Waals surface area contributed by atoms with Gasteiger partial charge in [-0.05, 0) is 81.8 Å². The number of nitriles is 1. The second kappa shape index (κ2) is 11.2. The quantitative estimate of drug-likeness (QED) is 0.253. The number of halogens is 1. The third-order valence-electron chi connectivity index (χ3n) is 4.49. The molecule has 3 rings (SSSR count). The van der Waals surface area contributed by atoms with E-state index in [0.717, 1.165) is 28.2 Å². The van der Waals surface area contributed by atoms with Crippen LogP contribution < -0.4 is 14.8 Å². The minimum atomic E-state index is -0.419. The van der Waals surface area contributed by atoms with Crippen molar-refractivity contribution in [2.45, 2.75) is 13.2 Å². The van der Waals surface area contributed by atoms with Gasteiger partial charge in [-0.2, -0.15) is 5.26 Å². The van der Waals surface area contributed by atoms with Crippen molar-refractivity contribution in [3.8, 4) is 17.6 Å². The Morgan fingerprint density at radius 1 is 0.968 bits per heavy atom. The number of hydrogen-bond donors (Lipinski definition) is 1. The monoisotopic (exact) mass is 524 g/mol. The normalized spacial score (nSPS) is 10.8. The predicted octanol–water partition coefficient (Wildman–Crippen LogP) is 5.10. The SMILES string of the molecule is COc1ccc(CNC(=O)/C(C#N)=C\c2ccc(OCc3ccc(I)cc3)cc2)cc1. The van der Waals surface area contributed by atoms with E-state index in [2.05, 4.69) is 27.9 Å². The van der Waals surface area contributed by atoms with Gasteiger partial charge >= 0.3 is 0 Å². The molecule has 0 aromatic heterocycles. The Bertz CT molecular complexity index is 1080. The molecule has 5 nitrogen and oxygen atoms in total. The number of benzene rings is 3. The molecule has 6 heteroatoms. The van der Waals surface area contributed by atoms with Gasteiger partial charge < -0.3 is 14.8 Å². The van der Waals surface area contributed by atoms with Crippen LogP contribution in [0.4, 0.5) is 0 Å². The lowest BCUT2D eigenvalue weighted by molar-refractivity contribution is -0.117. The Morgan fingerprint density at radius 3 is 2.19 bits per heavy atom. The van der Waals surface area contributed by atoms with E-state index >= 15 is 0 Å². The molecule has 0 saturated carbocycles. The number of amides is 1. The van der Waals surface area contributed by atoms with Gasteiger partial charge in [0.2, 0.25) is 0 Å². The largest absolute Gasteiger partial charge is 0.497 e. The molecule has 156 valence electrons. The molecule has 0 aliphatic rings. The average molecular weight is 524 g/mol. The van der Waals surface area contributed by atoms with E-state index in [-0.39, 0.29) is 5.57 Å². The van der Waals surface area contributed by atoms with Gasteiger partial charge in [0.25, 0.3) is 5.91 Å². The van der Waals surface area contributed by atoms with E-state index in [1.165, 1.54) is 3.57 Å². The fraction of sp³-hybridized carbons (Fsp3) is 0.120. The van der Waals surface area contributed by atoms with E-state index in [0.29, 0.717) is 13.2 Å². The Morgan fingerprint density at radius 2 is 1.58 bits per heavy atom. The van der Waals surface area contributed by atoms with Crippen molar-refractivity contribution in [3.05, 3.63) is 98.6 Å². The molecule has 0 unspecified atom stereocenters. The van der Waals surface area contributed by atoms with Crippen molar-refractivity contribution in [1.29, 1.82) is 5.26 Å². The zero-order valence-corrected chi connectivity index (χ0v) is 19.1. The van der Waals surface area contributed by atoms with Crippen molar-refractivity contribution >= 4 is 34.6 Å². The molecule has 31 heavy (non-hydrogen) atoms. The first kappa shape index (κ1) is 22.4. The summed E-state index contributed by atoms with van der Waals surface area (Å²) in [5.41, 5.74) is 2.80. The fourth-order valence-electron chi connectivity index (χ4n) is 2.74. The first-order valence-corrected chi connectivity index (χ1v) is 10.7. The molecule has 1 N–H and O–H groups in total. The summed E-state index contributed by atoms with van der Waals surface area (Å²) in [5, 5.41) is 12.2. The smallest absolute Gasteiger partial charge is 0.262 e. The van der Waals surface area contributed by atoms with Crippen LogP contribution in [0.2, 0.25) is 0 Å². The van der Waals surface area contributed by atoms with E-state index in [9.17, 15) is 10.1 Å². The summed E-state index contributed by atoms with van der Waals surface area (Å²) in [4.78, 5) is 12.4. The van der Waals surface area contributed by atoms with E-state index in [1.54, 1.807) is 13.2 Å². The van der Waals surface area contributed by atoms with Crippen LogP contribution in [0.5, 0.6) is 11.5 Å². The van der Waals surface area contributed by atoms with Crippen molar-refractivity contribution in [1.82, 2.24) is 5.32 Å². The third-order valence-corrected chi connectivity index (χ3v) is 5.21. The van der Waals surface area contributed by atoms with Gasteiger partial charge in [0, 0.05) is 10.1 Å². The van der Waals surface area contributed by atoms with Crippen LogP contribution >= 0.6 is 22.6 Å². The number of methoxy groups -OCH3 is 1. The minimum absolute atomic E-state index is 0.0427. The number of hydrogen-bond acceptors (Lipinski definition) is 4. The Balaban J connectivity index is 1.57. The highest BCUT2D eigenvalue weighted by Gasteiger charge is 2.09. The molecule has 0 bridgehead atoms. The Kier molecular flexibility index (Phi) is 8.07. The van der Waals surface area contributed by atoms with Crippen molar-refractivity contribution in [2.75, 3.05) is 7.11 Å². The molecule has 1 amide bonds. The number of nitrogens with zero attached hydrogens (tertiary/aromatic N) is 1. The summed E-state index contributed by atoms with van der Waals surface area (Å²) in [6.07, 6.45) is 1.56. The second-order valence-electron chi connectivity index (χ2n) is 6.68. The summed E-state index contributed by atoms with van der Waals surface area (Å²) in [6.45, 7) is 0.802. The van der Waals surface area contributed by atoms with Crippen LogP contribution in [0.3, 0.4) is 0 Å². The zero-order chi connectivity index (χ0) is 22.1. The van der Waals surface area contributed by atoms with Crippen LogP contribution in [0.25, 0.3) is 6.08 Å². The van der Waals surface area contributed by atoms with Crippen LogP contribution in [-0.4, -0.2) is 13.0 Å². The third kappa shape index (κ3) is 6.86. The lowest BCUT2D eigenvalue weighted by Crippen LogP contribution is -2.23. The number of nitrogens with one attached hydrogen (secondary N) is 1. The van der Waals surface area contributed by atoms with Gasteiger partial charge in [0.05, 0.1) is 7.11 Å². The molecule has 3 aromatic rings. The van der Waals surface area contributed by atoms with E-state index < -0.39 is 5.91 Å². The molecular weight excluding hydrogens is 503 g/mol. The number of ether oxygens (including phenoxy) is 2. The highest BCUT2D eigenvalue weighted by atomic mass is 127.